The number of rotatable bonds is 19. The topological polar surface area (TPSA) is 277 Å². The Morgan fingerprint density at radius 3 is 1.49 bits per heavy atom. The van der Waals surface area contributed by atoms with Crippen molar-refractivity contribution >= 4 is 35.6 Å². The van der Waals surface area contributed by atoms with Gasteiger partial charge in [0.15, 0.2) is 0 Å². The van der Waals surface area contributed by atoms with E-state index in [1.54, 1.807) is 0 Å². The largest absolute Gasteiger partial charge is 0.481 e. The summed E-state index contributed by atoms with van der Waals surface area (Å²) in [6, 6.07) is -5.67. The zero-order valence-electron chi connectivity index (χ0n) is 19.4. The molecule has 3 amide bonds. The molecule has 4 atom stereocenters. The number of nitrogens with two attached hydrogens (primary N) is 3. The molecule has 0 bridgehead atoms. The first-order valence-corrected chi connectivity index (χ1v) is 11.2. The zero-order valence-corrected chi connectivity index (χ0v) is 19.4. The summed E-state index contributed by atoms with van der Waals surface area (Å²) in [7, 11) is 0. The molecule has 15 heteroatoms. The lowest BCUT2D eigenvalue weighted by Gasteiger charge is -2.24. The summed E-state index contributed by atoms with van der Waals surface area (Å²) >= 11 is 0. The normalized spacial score (nSPS) is 14.1. The van der Waals surface area contributed by atoms with Gasteiger partial charge in [0.2, 0.25) is 17.7 Å². The molecule has 4 unspecified atom stereocenters. The molecule has 0 aromatic heterocycles. The fourth-order valence-electron chi connectivity index (χ4n) is 3.00. The molecule has 0 aliphatic rings. The highest BCUT2D eigenvalue weighted by molar-refractivity contribution is 5.96. The monoisotopic (exact) mass is 504 g/mol. The molecule has 0 saturated carbocycles. The van der Waals surface area contributed by atoms with Crippen LogP contribution in [0.4, 0.5) is 0 Å². The van der Waals surface area contributed by atoms with Crippen molar-refractivity contribution in [1.29, 1.82) is 0 Å². The predicted molar refractivity (Wildman–Crippen MR) is 122 cm³/mol. The molecular formula is C20H36N6O9. The lowest BCUT2D eigenvalue weighted by atomic mass is 10.1. The van der Waals surface area contributed by atoms with E-state index < -0.39 is 72.6 Å². The van der Waals surface area contributed by atoms with Crippen LogP contribution in [0.3, 0.4) is 0 Å². The standard InChI is InChI=1S/C20H36N6O9/c21-7-3-1-5-12(24-17(31)11(23)9-15(27)28)18(32)26-14(10-16(29)30)19(33)25-13(20(34)35)6-2-4-8-22/h11-14H,1-10,21-23H2,(H,24,31)(H,25,33)(H,26,32)(H,27,28)(H,29,30)(H,34,35). The van der Waals surface area contributed by atoms with Crippen LogP contribution < -0.4 is 33.2 Å². The van der Waals surface area contributed by atoms with E-state index in [0.717, 1.165) is 0 Å². The van der Waals surface area contributed by atoms with Crippen LogP contribution in [0, 0.1) is 0 Å². The van der Waals surface area contributed by atoms with Gasteiger partial charge >= 0.3 is 17.9 Å². The van der Waals surface area contributed by atoms with Crippen molar-refractivity contribution in [3.63, 3.8) is 0 Å². The third kappa shape index (κ3) is 13.9. The highest BCUT2D eigenvalue weighted by atomic mass is 16.4. The quantitative estimate of drug-likeness (QED) is 0.0799. The summed E-state index contributed by atoms with van der Waals surface area (Å²) < 4.78 is 0. The zero-order chi connectivity index (χ0) is 27.0. The van der Waals surface area contributed by atoms with Gasteiger partial charge in [-0.15, -0.1) is 0 Å². The van der Waals surface area contributed by atoms with Gasteiger partial charge in [-0.2, -0.15) is 0 Å². The molecule has 0 radical (unpaired) electrons. The van der Waals surface area contributed by atoms with Gasteiger partial charge in [0, 0.05) is 0 Å². The summed E-state index contributed by atoms with van der Waals surface area (Å²) in [5.74, 6) is -6.98. The van der Waals surface area contributed by atoms with E-state index in [2.05, 4.69) is 16.0 Å². The SMILES string of the molecule is NCCCCC(NC(=O)C(CC(=O)O)NC(=O)C(CCCCN)NC(=O)C(N)CC(=O)O)C(=O)O. The Hall–Kier alpha value is -3.30. The van der Waals surface area contributed by atoms with Crippen LogP contribution in [0.1, 0.15) is 51.4 Å². The van der Waals surface area contributed by atoms with E-state index in [0.29, 0.717) is 38.8 Å². The predicted octanol–water partition coefficient (Wildman–Crippen LogP) is -2.94. The van der Waals surface area contributed by atoms with Gasteiger partial charge in [0.1, 0.15) is 18.1 Å². The minimum Gasteiger partial charge on any atom is -0.481 e. The van der Waals surface area contributed by atoms with Crippen molar-refractivity contribution in [1.82, 2.24) is 16.0 Å². The number of carbonyl (C=O) groups excluding carboxylic acids is 3. The van der Waals surface area contributed by atoms with Crippen LogP contribution in [0.2, 0.25) is 0 Å². The Bertz CT molecular complexity index is 749. The number of unbranched alkanes of at least 4 members (excludes halogenated alkanes) is 2. The Balaban J connectivity index is 5.49. The molecule has 0 aromatic carbocycles. The molecular weight excluding hydrogens is 468 g/mol. The number of hydrogen-bond donors (Lipinski definition) is 9. The van der Waals surface area contributed by atoms with Crippen LogP contribution in [0.5, 0.6) is 0 Å². The van der Waals surface area contributed by atoms with Crippen LogP contribution in [-0.4, -0.2) is 88.2 Å². The van der Waals surface area contributed by atoms with Gasteiger partial charge in [-0.25, -0.2) is 4.79 Å². The third-order valence-electron chi connectivity index (χ3n) is 4.88. The van der Waals surface area contributed by atoms with E-state index in [1.165, 1.54) is 0 Å². The second-order valence-electron chi connectivity index (χ2n) is 7.89. The molecule has 0 fully saturated rings. The molecule has 0 rings (SSSR count). The molecule has 0 aromatic rings. The molecule has 200 valence electrons. The molecule has 0 heterocycles. The minimum absolute atomic E-state index is 0.0469. The third-order valence-corrected chi connectivity index (χ3v) is 4.88. The van der Waals surface area contributed by atoms with Crippen molar-refractivity contribution < 1.29 is 44.1 Å². The molecule has 0 aliphatic carbocycles. The van der Waals surface area contributed by atoms with E-state index in [4.69, 9.17) is 27.4 Å². The first-order valence-electron chi connectivity index (χ1n) is 11.2. The van der Waals surface area contributed by atoms with Crippen LogP contribution in [0.25, 0.3) is 0 Å². The van der Waals surface area contributed by atoms with Crippen molar-refractivity contribution in [3.8, 4) is 0 Å². The summed E-state index contributed by atoms with van der Waals surface area (Å²) in [6.07, 6.45) is 0.337. The van der Waals surface area contributed by atoms with Crippen LogP contribution >= 0.6 is 0 Å². The van der Waals surface area contributed by atoms with Crippen molar-refractivity contribution in [2.45, 2.75) is 75.5 Å². The Kier molecular flexibility index (Phi) is 15.6. The first-order chi connectivity index (χ1) is 16.4. The Morgan fingerprint density at radius 2 is 1.03 bits per heavy atom. The highest BCUT2D eigenvalue weighted by Gasteiger charge is 2.31. The fraction of sp³-hybridized carbons (Fsp3) is 0.700. The molecule has 12 N–H and O–H groups in total. The van der Waals surface area contributed by atoms with E-state index in [1.807, 2.05) is 0 Å². The summed E-state index contributed by atoms with van der Waals surface area (Å²) in [5.41, 5.74) is 16.3. The van der Waals surface area contributed by atoms with Crippen molar-refractivity contribution in [2.24, 2.45) is 17.2 Å². The van der Waals surface area contributed by atoms with Gasteiger partial charge in [-0.3, -0.25) is 24.0 Å². The number of carboxylic acid groups (broad SMARTS) is 3. The van der Waals surface area contributed by atoms with Gasteiger partial charge in [-0.1, -0.05) is 0 Å². The average Bonchev–Trinajstić information content (AvgIpc) is 2.76. The number of carbonyl (C=O) groups is 6. The van der Waals surface area contributed by atoms with Gasteiger partial charge in [0.05, 0.1) is 18.9 Å². The van der Waals surface area contributed by atoms with E-state index >= 15 is 0 Å². The van der Waals surface area contributed by atoms with Crippen molar-refractivity contribution in [2.75, 3.05) is 13.1 Å². The Morgan fingerprint density at radius 1 is 0.600 bits per heavy atom. The number of amides is 3. The molecule has 0 spiro atoms. The van der Waals surface area contributed by atoms with E-state index in [-0.39, 0.29) is 12.8 Å². The average molecular weight is 505 g/mol. The maximum absolute atomic E-state index is 12.8. The highest BCUT2D eigenvalue weighted by Crippen LogP contribution is 2.06. The fourth-order valence-corrected chi connectivity index (χ4v) is 3.00. The number of hydrogen-bond acceptors (Lipinski definition) is 9. The molecule has 0 saturated heterocycles. The molecule has 15 nitrogen and oxygen atoms in total. The van der Waals surface area contributed by atoms with E-state index in [9.17, 15) is 33.9 Å². The van der Waals surface area contributed by atoms with Gasteiger partial charge in [-0.05, 0) is 51.6 Å². The molecule has 0 aliphatic heterocycles. The minimum atomic E-state index is -1.64. The number of nitrogens with one attached hydrogen (secondary N) is 3. The number of carboxylic acids is 3. The smallest absolute Gasteiger partial charge is 0.326 e. The second-order valence-corrected chi connectivity index (χ2v) is 7.89. The maximum Gasteiger partial charge on any atom is 0.326 e. The van der Waals surface area contributed by atoms with Crippen LogP contribution in [-0.2, 0) is 28.8 Å². The lowest BCUT2D eigenvalue weighted by molar-refractivity contribution is -0.143. The maximum atomic E-state index is 12.8. The van der Waals surface area contributed by atoms with Crippen LogP contribution in [0.15, 0.2) is 0 Å². The first kappa shape index (κ1) is 31.7. The second kappa shape index (κ2) is 17.2. The number of aliphatic carboxylic acids is 3. The lowest BCUT2D eigenvalue weighted by Crippen LogP contribution is -2.57. The van der Waals surface area contributed by atoms with Gasteiger partial charge < -0.3 is 48.5 Å². The Labute approximate surface area is 202 Å². The summed E-state index contributed by atoms with van der Waals surface area (Å²) in [4.78, 5) is 71.2. The summed E-state index contributed by atoms with van der Waals surface area (Å²) in [5, 5.41) is 34.0. The van der Waals surface area contributed by atoms with Gasteiger partial charge in [0.25, 0.3) is 0 Å². The summed E-state index contributed by atoms with van der Waals surface area (Å²) in [6.45, 7) is 0.622. The van der Waals surface area contributed by atoms with Crippen molar-refractivity contribution in [3.05, 3.63) is 0 Å². The molecule has 35 heavy (non-hydrogen) atoms.